The second-order valence-electron chi connectivity index (χ2n) is 4.82. The van der Waals surface area contributed by atoms with E-state index in [9.17, 15) is 9.90 Å². The third kappa shape index (κ3) is 4.00. The third-order valence-electron chi connectivity index (χ3n) is 3.34. The predicted molar refractivity (Wildman–Crippen MR) is 100 cm³/mol. The first kappa shape index (κ1) is 18.1. The Hall–Kier alpha value is -2.22. The number of carbonyl (C=O) groups is 1. The van der Waals surface area contributed by atoms with Gasteiger partial charge in [-0.2, -0.15) is 0 Å². The zero-order valence-electron chi connectivity index (χ0n) is 13.5. The van der Waals surface area contributed by atoms with Gasteiger partial charge >= 0.3 is 0 Å². The lowest BCUT2D eigenvalue weighted by Gasteiger charge is -2.12. The minimum Gasteiger partial charge on any atom is -0.507 e. The van der Waals surface area contributed by atoms with Gasteiger partial charge in [0.15, 0.2) is 17.3 Å². The van der Waals surface area contributed by atoms with Gasteiger partial charge in [0.2, 0.25) is 5.75 Å². The van der Waals surface area contributed by atoms with Crippen molar-refractivity contribution in [2.24, 2.45) is 0 Å². The maximum atomic E-state index is 12.2. The molecule has 0 amide bonds. The zero-order chi connectivity index (χ0) is 17.7. The molecule has 0 heterocycles. The number of benzene rings is 2. The van der Waals surface area contributed by atoms with Crippen molar-refractivity contribution < 1.29 is 24.1 Å². The average molecular weight is 440 g/mol. The molecule has 0 aromatic heterocycles. The molecule has 0 unspecified atom stereocenters. The summed E-state index contributed by atoms with van der Waals surface area (Å²) in [4.78, 5) is 12.2. The molecule has 5 nitrogen and oxygen atoms in total. The molecule has 6 heteroatoms. The minimum absolute atomic E-state index is 0.0403. The highest BCUT2D eigenvalue weighted by molar-refractivity contribution is 14.1. The molecule has 126 valence electrons. The van der Waals surface area contributed by atoms with Crippen molar-refractivity contribution in [3.8, 4) is 23.0 Å². The number of methoxy groups -OCH3 is 3. The zero-order valence-corrected chi connectivity index (χ0v) is 15.7. The first-order valence-electron chi connectivity index (χ1n) is 7.01. The first-order chi connectivity index (χ1) is 11.5. The molecule has 0 aliphatic heterocycles. The smallest absolute Gasteiger partial charge is 0.203 e. The molecule has 0 fully saturated rings. The van der Waals surface area contributed by atoms with Crippen LogP contribution in [0.5, 0.6) is 23.0 Å². The standard InChI is InChI=1S/C18H17IO5/c1-22-16-8-11(9-17(23-2)18(16)24-3)4-7-14(20)13-6-5-12(19)10-15(13)21/h4-10,21H,1-3H3. The molecule has 2 aromatic carbocycles. The van der Waals surface area contributed by atoms with Crippen LogP contribution in [-0.4, -0.2) is 32.2 Å². The van der Waals surface area contributed by atoms with Crippen LogP contribution < -0.4 is 14.2 Å². The number of carbonyl (C=O) groups excluding carboxylic acids is 1. The van der Waals surface area contributed by atoms with E-state index < -0.39 is 0 Å². The SMILES string of the molecule is COc1cc(C=CC(=O)c2ccc(I)cc2O)cc(OC)c1OC. The normalized spacial score (nSPS) is 10.7. The fraction of sp³-hybridized carbons (Fsp3) is 0.167. The van der Waals surface area contributed by atoms with Gasteiger partial charge in [0, 0.05) is 3.57 Å². The van der Waals surface area contributed by atoms with Crippen LogP contribution in [0.3, 0.4) is 0 Å². The van der Waals surface area contributed by atoms with E-state index in [1.54, 1.807) is 36.4 Å². The average Bonchev–Trinajstić information content (AvgIpc) is 2.58. The molecule has 0 aliphatic carbocycles. The number of ether oxygens (including phenoxy) is 3. The number of hydrogen-bond acceptors (Lipinski definition) is 5. The Labute approximate surface area is 154 Å². The van der Waals surface area contributed by atoms with Gasteiger partial charge in [-0.05, 0) is 64.6 Å². The third-order valence-corrected chi connectivity index (χ3v) is 4.01. The summed E-state index contributed by atoms with van der Waals surface area (Å²) in [7, 11) is 4.58. The van der Waals surface area contributed by atoms with Gasteiger partial charge in [0.05, 0.1) is 26.9 Å². The summed E-state index contributed by atoms with van der Waals surface area (Å²) in [5.74, 6) is 1.15. The Morgan fingerprint density at radius 1 is 1.04 bits per heavy atom. The molecule has 0 spiro atoms. The van der Waals surface area contributed by atoms with Crippen LogP contribution >= 0.6 is 22.6 Å². The fourth-order valence-corrected chi connectivity index (χ4v) is 2.65. The van der Waals surface area contributed by atoms with Crippen LogP contribution in [0, 0.1) is 3.57 Å². The summed E-state index contributed by atoms with van der Waals surface area (Å²) in [6.07, 6.45) is 3.02. The number of hydrogen-bond donors (Lipinski definition) is 1. The minimum atomic E-state index is -0.294. The highest BCUT2D eigenvalue weighted by Crippen LogP contribution is 2.38. The number of phenols is 1. The summed E-state index contributed by atoms with van der Waals surface area (Å²) in [5, 5.41) is 9.88. The van der Waals surface area contributed by atoms with Crippen molar-refractivity contribution in [3.63, 3.8) is 0 Å². The van der Waals surface area contributed by atoms with Crippen molar-refractivity contribution in [2.45, 2.75) is 0 Å². The lowest BCUT2D eigenvalue weighted by Crippen LogP contribution is -1.97. The van der Waals surface area contributed by atoms with Crippen LogP contribution in [0.15, 0.2) is 36.4 Å². The highest BCUT2D eigenvalue weighted by Gasteiger charge is 2.13. The Balaban J connectivity index is 2.32. The van der Waals surface area contributed by atoms with E-state index >= 15 is 0 Å². The van der Waals surface area contributed by atoms with E-state index in [1.807, 2.05) is 0 Å². The van der Waals surface area contributed by atoms with Crippen molar-refractivity contribution >= 4 is 34.5 Å². The van der Waals surface area contributed by atoms with Gasteiger partial charge in [-0.1, -0.05) is 6.08 Å². The molecule has 2 aromatic rings. The first-order valence-corrected chi connectivity index (χ1v) is 8.09. The van der Waals surface area contributed by atoms with Crippen LogP contribution in [0.2, 0.25) is 0 Å². The van der Waals surface area contributed by atoms with Crippen molar-refractivity contribution in [2.75, 3.05) is 21.3 Å². The number of aromatic hydroxyl groups is 1. The molecule has 0 radical (unpaired) electrons. The lowest BCUT2D eigenvalue weighted by atomic mass is 10.1. The van der Waals surface area contributed by atoms with Crippen LogP contribution in [0.4, 0.5) is 0 Å². The summed E-state index contributed by atoms with van der Waals surface area (Å²) in [6, 6.07) is 8.37. The summed E-state index contributed by atoms with van der Waals surface area (Å²) < 4.78 is 16.7. The van der Waals surface area contributed by atoms with E-state index in [1.165, 1.54) is 27.4 Å². The summed E-state index contributed by atoms with van der Waals surface area (Å²) in [6.45, 7) is 0. The fourth-order valence-electron chi connectivity index (χ4n) is 2.17. The summed E-state index contributed by atoms with van der Waals surface area (Å²) >= 11 is 2.07. The number of rotatable bonds is 6. The molecule has 1 N–H and O–H groups in total. The van der Waals surface area contributed by atoms with E-state index in [0.29, 0.717) is 22.8 Å². The van der Waals surface area contributed by atoms with Crippen LogP contribution in [-0.2, 0) is 0 Å². The number of halogens is 1. The Kier molecular flexibility index (Phi) is 6.08. The van der Waals surface area contributed by atoms with Crippen LogP contribution in [0.1, 0.15) is 15.9 Å². The Morgan fingerprint density at radius 3 is 2.17 bits per heavy atom. The second-order valence-corrected chi connectivity index (χ2v) is 6.06. The number of ketones is 1. The second kappa shape index (κ2) is 8.05. The molecule has 0 saturated heterocycles. The van der Waals surface area contributed by atoms with E-state index in [0.717, 1.165) is 3.57 Å². The van der Waals surface area contributed by atoms with Crippen molar-refractivity contribution in [1.29, 1.82) is 0 Å². The quantitative estimate of drug-likeness (QED) is 0.419. The van der Waals surface area contributed by atoms with E-state index in [4.69, 9.17) is 14.2 Å². The molecule has 0 bridgehead atoms. The monoisotopic (exact) mass is 440 g/mol. The topological polar surface area (TPSA) is 65.0 Å². The molecule has 0 aliphatic rings. The molecular weight excluding hydrogens is 423 g/mol. The predicted octanol–water partition coefficient (Wildman–Crippen LogP) is 3.92. The summed E-state index contributed by atoms with van der Waals surface area (Å²) in [5.41, 5.74) is 0.960. The molecule has 0 atom stereocenters. The van der Waals surface area contributed by atoms with Crippen molar-refractivity contribution in [3.05, 3.63) is 51.1 Å². The van der Waals surface area contributed by atoms with Crippen molar-refractivity contribution in [1.82, 2.24) is 0 Å². The Bertz CT molecular complexity index is 758. The van der Waals surface area contributed by atoms with Gasteiger partial charge in [-0.15, -0.1) is 0 Å². The maximum absolute atomic E-state index is 12.2. The van der Waals surface area contributed by atoms with Gasteiger partial charge < -0.3 is 19.3 Å². The number of phenolic OH excluding ortho intramolecular Hbond substituents is 1. The van der Waals surface area contributed by atoms with E-state index in [-0.39, 0.29) is 17.1 Å². The highest BCUT2D eigenvalue weighted by atomic mass is 127. The largest absolute Gasteiger partial charge is 0.507 e. The maximum Gasteiger partial charge on any atom is 0.203 e. The molecular formula is C18H17IO5. The Morgan fingerprint density at radius 2 is 1.67 bits per heavy atom. The van der Waals surface area contributed by atoms with Gasteiger partial charge in [0.1, 0.15) is 5.75 Å². The van der Waals surface area contributed by atoms with E-state index in [2.05, 4.69) is 22.6 Å². The molecule has 24 heavy (non-hydrogen) atoms. The van der Waals surface area contributed by atoms with Gasteiger partial charge in [-0.3, -0.25) is 4.79 Å². The van der Waals surface area contributed by atoms with Crippen LogP contribution in [0.25, 0.3) is 6.08 Å². The number of allylic oxidation sites excluding steroid dienone is 1. The molecule has 2 rings (SSSR count). The van der Waals surface area contributed by atoms with Gasteiger partial charge in [-0.25, -0.2) is 0 Å². The van der Waals surface area contributed by atoms with Gasteiger partial charge in [0.25, 0.3) is 0 Å². The lowest BCUT2D eigenvalue weighted by molar-refractivity contribution is 0.104. The molecule has 0 saturated carbocycles.